The van der Waals surface area contributed by atoms with Gasteiger partial charge >= 0.3 is 0 Å². The lowest BCUT2D eigenvalue weighted by Gasteiger charge is -2.03. The van der Waals surface area contributed by atoms with Crippen LogP contribution in [0.15, 0.2) is 18.2 Å². The Morgan fingerprint density at radius 3 is 2.08 bits per heavy atom. The van der Waals surface area contributed by atoms with Gasteiger partial charge in [-0.2, -0.15) is 0 Å². The molecule has 0 amide bonds. The second kappa shape index (κ2) is 6.53. The molecule has 0 unspecified atom stereocenters. The molecule has 0 saturated heterocycles. The molecule has 0 atom stereocenters. The minimum Gasteiger partial charge on any atom is -0.496 e. The highest BCUT2D eigenvalue weighted by Gasteiger charge is 1.94. The maximum Gasteiger partial charge on any atom is 0.121 e. The van der Waals surface area contributed by atoms with Gasteiger partial charge in [0.25, 0.3) is 0 Å². The van der Waals surface area contributed by atoms with E-state index < -0.39 is 0 Å². The zero-order valence-electron chi connectivity index (χ0n) is 9.35. The van der Waals surface area contributed by atoms with Crippen LogP contribution in [0.1, 0.15) is 31.4 Å². The number of hydrogen-bond donors (Lipinski definition) is 0. The summed E-state index contributed by atoms with van der Waals surface area (Å²) in [6.07, 6.45) is 1.25. The molecule has 0 fully saturated rings. The molecule has 0 aliphatic rings. The first-order valence-electron chi connectivity index (χ1n) is 4.76. The van der Waals surface area contributed by atoms with E-state index in [1.54, 1.807) is 7.11 Å². The fraction of sp³-hybridized carbons (Fsp3) is 0.500. The van der Waals surface area contributed by atoms with Crippen LogP contribution in [-0.2, 0) is 0 Å². The highest BCUT2D eigenvalue weighted by atomic mass is 16.5. The highest BCUT2D eigenvalue weighted by molar-refractivity contribution is 5.35. The molecule has 74 valence electrons. The average Bonchev–Trinajstić information content (AvgIpc) is 2.06. The van der Waals surface area contributed by atoms with Gasteiger partial charge in [0.1, 0.15) is 5.75 Å². The van der Waals surface area contributed by atoms with Gasteiger partial charge in [-0.25, -0.2) is 0 Å². The SMILES string of the molecule is CCC.COc1ccc(C)cc1C. The van der Waals surface area contributed by atoms with E-state index in [0.717, 1.165) is 5.75 Å². The number of benzene rings is 1. The fourth-order valence-electron chi connectivity index (χ4n) is 1.03. The number of methoxy groups -OCH3 is 1. The molecule has 0 aliphatic carbocycles. The molecule has 1 rings (SSSR count). The van der Waals surface area contributed by atoms with E-state index in [1.807, 2.05) is 19.1 Å². The molecule has 1 aromatic carbocycles. The minimum atomic E-state index is 0.964. The molecule has 0 aliphatic heterocycles. The van der Waals surface area contributed by atoms with Gasteiger partial charge in [0, 0.05) is 0 Å². The van der Waals surface area contributed by atoms with E-state index in [2.05, 4.69) is 26.8 Å². The first-order chi connectivity index (χ1) is 6.15. The van der Waals surface area contributed by atoms with Crippen molar-refractivity contribution in [2.45, 2.75) is 34.1 Å². The summed E-state index contributed by atoms with van der Waals surface area (Å²) in [5, 5.41) is 0. The molecule has 0 spiro atoms. The molecule has 1 nitrogen and oxygen atoms in total. The van der Waals surface area contributed by atoms with Gasteiger partial charge in [-0.15, -0.1) is 0 Å². The van der Waals surface area contributed by atoms with E-state index in [0.29, 0.717) is 0 Å². The van der Waals surface area contributed by atoms with Gasteiger partial charge in [-0.1, -0.05) is 38.0 Å². The zero-order chi connectivity index (χ0) is 10.3. The van der Waals surface area contributed by atoms with Gasteiger partial charge in [0.2, 0.25) is 0 Å². The predicted octanol–water partition coefficient (Wildman–Crippen LogP) is 3.73. The van der Waals surface area contributed by atoms with Crippen LogP contribution in [0.3, 0.4) is 0 Å². The summed E-state index contributed by atoms with van der Waals surface area (Å²) >= 11 is 0. The molecule has 0 aromatic heterocycles. The molecule has 0 heterocycles. The van der Waals surface area contributed by atoms with Gasteiger partial charge < -0.3 is 4.74 Å². The van der Waals surface area contributed by atoms with Gasteiger partial charge in [-0.05, 0) is 25.5 Å². The third kappa shape index (κ3) is 4.56. The van der Waals surface area contributed by atoms with Crippen LogP contribution in [0.2, 0.25) is 0 Å². The first-order valence-corrected chi connectivity index (χ1v) is 4.76. The maximum atomic E-state index is 5.10. The summed E-state index contributed by atoms with van der Waals surface area (Å²) in [5.41, 5.74) is 2.47. The van der Waals surface area contributed by atoms with Crippen molar-refractivity contribution < 1.29 is 4.74 Å². The number of ether oxygens (including phenoxy) is 1. The van der Waals surface area contributed by atoms with Crippen molar-refractivity contribution in [3.63, 3.8) is 0 Å². The van der Waals surface area contributed by atoms with E-state index in [4.69, 9.17) is 4.74 Å². The monoisotopic (exact) mass is 180 g/mol. The molecule has 13 heavy (non-hydrogen) atoms. The van der Waals surface area contributed by atoms with Crippen molar-refractivity contribution >= 4 is 0 Å². The van der Waals surface area contributed by atoms with E-state index >= 15 is 0 Å². The van der Waals surface area contributed by atoms with E-state index in [9.17, 15) is 0 Å². The number of rotatable bonds is 1. The zero-order valence-corrected chi connectivity index (χ0v) is 9.35. The Labute approximate surface area is 81.7 Å². The van der Waals surface area contributed by atoms with Crippen molar-refractivity contribution in [1.82, 2.24) is 0 Å². The summed E-state index contributed by atoms with van der Waals surface area (Å²) < 4.78 is 5.10. The van der Waals surface area contributed by atoms with Gasteiger partial charge in [-0.3, -0.25) is 0 Å². The van der Waals surface area contributed by atoms with Crippen molar-refractivity contribution in [1.29, 1.82) is 0 Å². The Morgan fingerprint density at radius 1 is 1.15 bits per heavy atom. The Kier molecular flexibility index (Phi) is 6.03. The smallest absolute Gasteiger partial charge is 0.121 e. The number of hydrogen-bond acceptors (Lipinski definition) is 1. The van der Waals surface area contributed by atoms with Crippen molar-refractivity contribution in [3.05, 3.63) is 29.3 Å². The summed E-state index contributed by atoms with van der Waals surface area (Å²) in [6.45, 7) is 8.37. The summed E-state index contributed by atoms with van der Waals surface area (Å²) in [5.74, 6) is 0.964. The van der Waals surface area contributed by atoms with Crippen molar-refractivity contribution in [3.8, 4) is 5.75 Å². The molecular weight excluding hydrogens is 160 g/mol. The van der Waals surface area contributed by atoms with Crippen LogP contribution in [0.25, 0.3) is 0 Å². The van der Waals surface area contributed by atoms with E-state index in [1.165, 1.54) is 17.5 Å². The summed E-state index contributed by atoms with van der Waals surface area (Å²) in [6, 6.07) is 6.15. The van der Waals surface area contributed by atoms with Crippen molar-refractivity contribution in [2.24, 2.45) is 0 Å². The normalized spacial score (nSPS) is 8.69. The Morgan fingerprint density at radius 2 is 1.69 bits per heavy atom. The molecule has 1 heteroatoms. The Bertz CT molecular complexity index is 241. The molecular formula is C12H20O. The molecule has 0 saturated carbocycles. The third-order valence-corrected chi connectivity index (χ3v) is 1.55. The predicted molar refractivity (Wildman–Crippen MR) is 58.4 cm³/mol. The molecule has 1 aromatic rings. The van der Waals surface area contributed by atoms with Gasteiger partial charge in [0.15, 0.2) is 0 Å². The van der Waals surface area contributed by atoms with E-state index in [-0.39, 0.29) is 0 Å². The van der Waals surface area contributed by atoms with Crippen LogP contribution in [0.4, 0.5) is 0 Å². The Balaban J connectivity index is 0.000000424. The second-order valence-corrected chi connectivity index (χ2v) is 3.18. The molecule has 0 bridgehead atoms. The highest BCUT2D eigenvalue weighted by Crippen LogP contribution is 2.17. The van der Waals surface area contributed by atoms with Crippen LogP contribution in [-0.4, -0.2) is 7.11 Å². The maximum absolute atomic E-state index is 5.10. The Hall–Kier alpha value is -0.980. The summed E-state index contributed by atoms with van der Waals surface area (Å²) in [4.78, 5) is 0. The first kappa shape index (κ1) is 12.0. The quantitative estimate of drug-likeness (QED) is 0.640. The summed E-state index contributed by atoms with van der Waals surface area (Å²) in [7, 11) is 1.69. The topological polar surface area (TPSA) is 9.23 Å². The largest absolute Gasteiger partial charge is 0.496 e. The van der Waals surface area contributed by atoms with Crippen LogP contribution in [0.5, 0.6) is 5.75 Å². The van der Waals surface area contributed by atoms with Crippen LogP contribution >= 0.6 is 0 Å². The third-order valence-electron chi connectivity index (χ3n) is 1.55. The molecule has 0 radical (unpaired) electrons. The number of aryl methyl sites for hydroxylation is 2. The van der Waals surface area contributed by atoms with Crippen LogP contribution < -0.4 is 4.74 Å². The average molecular weight is 180 g/mol. The molecule has 0 N–H and O–H groups in total. The van der Waals surface area contributed by atoms with Crippen LogP contribution in [0, 0.1) is 13.8 Å². The lowest BCUT2D eigenvalue weighted by molar-refractivity contribution is 0.411. The standard InChI is InChI=1S/C9H12O.C3H8/c1-7-4-5-9(10-3)8(2)6-7;1-3-2/h4-6H,1-3H3;3H2,1-2H3. The minimum absolute atomic E-state index is 0.964. The van der Waals surface area contributed by atoms with Crippen molar-refractivity contribution in [2.75, 3.05) is 7.11 Å². The lowest BCUT2D eigenvalue weighted by Crippen LogP contribution is -1.86. The second-order valence-electron chi connectivity index (χ2n) is 3.18. The lowest BCUT2D eigenvalue weighted by atomic mass is 10.1. The van der Waals surface area contributed by atoms with Gasteiger partial charge in [0.05, 0.1) is 7.11 Å². The fourth-order valence-corrected chi connectivity index (χ4v) is 1.03.